The van der Waals surface area contributed by atoms with E-state index in [1.165, 1.54) is 11.8 Å². The minimum absolute atomic E-state index is 0.291. The van der Waals surface area contributed by atoms with Gasteiger partial charge < -0.3 is 5.32 Å². The number of benzene rings is 1. The van der Waals surface area contributed by atoms with E-state index in [-0.39, 0.29) is 0 Å². The highest BCUT2D eigenvalue weighted by atomic mass is 15.3. The molecule has 1 aromatic carbocycles. The van der Waals surface area contributed by atoms with Gasteiger partial charge in [0.05, 0.1) is 12.7 Å². The normalized spacial score (nSPS) is 10.1. The predicted molar refractivity (Wildman–Crippen MR) is 81.8 cm³/mol. The van der Waals surface area contributed by atoms with Crippen molar-refractivity contribution in [3.05, 3.63) is 71.9 Å². The average Bonchev–Trinajstić information content (AvgIpc) is 3.01. The third kappa shape index (κ3) is 3.27. The van der Waals surface area contributed by atoms with Crippen molar-refractivity contribution in [3.8, 4) is 6.07 Å². The molecule has 108 valence electrons. The highest BCUT2D eigenvalue weighted by Crippen LogP contribution is 2.09. The number of hydrogen-bond donors (Lipinski definition) is 1. The number of hydrogen-bond acceptors (Lipinski definition) is 5. The van der Waals surface area contributed by atoms with Gasteiger partial charge in [-0.25, -0.2) is 9.97 Å². The fourth-order valence-electron chi connectivity index (χ4n) is 2.09. The van der Waals surface area contributed by atoms with E-state index in [1.54, 1.807) is 12.4 Å². The van der Waals surface area contributed by atoms with E-state index in [2.05, 4.69) is 32.5 Å². The zero-order valence-electron chi connectivity index (χ0n) is 11.8. The van der Waals surface area contributed by atoms with Crippen LogP contribution in [0.5, 0.6) is 0 Å². The summed E-state index contributed by atoms with van der Waals surface area (Å²) in [6, 6.07) is 12.2. The van der Waals surface area contributed by atoms with Gasteiger partial charge in [-0.3, -0.25) is 4.68 Å². The van der Waals surface area contributed by atoms with E-state index in [0.29, 0.717) is 18.1 Å². The summed E-state index contributed by atoms with van der Waals surface area (Å²) in [4.78, 5) is 8.08. The molecular weight excluding hydrogens is 276 g/mol. The predicted octanol–water partition coefficient (Wildman–Crippen LogP) is 2.21. The molecule has 2 heterocycles. The van der Waals surface area contributed by atoms with Crippen LogP contribution in [0.1, 0.15) is 16.8 Å². The molecule has 1 N–H and O–H groups in total. The van der Waals surface area contributed by atoms with Crippen LogP contribution in [-0.2, 0) is 13.1 Å². The van der Waals surface area contributed by atoms with Crippen molar-refractivity contribution in [2.24, 2.45) is 0 Å². The Kier molecular flexibility index (Phi) is 4.07. The standard InChI is InChI=1S/C16H14N6/c17-8-15-16(19-7-6-18-15)20-9-14-10-21-22(12-14)11-13-4-2-1-3-5-13/h1-7,10,12H,9,11H2,(H,19,20). The highest BCUT2D eigenvalue weighted by molar-refractivity contribution is 5.46. The Morgan fingerprint density at radius 3 is 2.73 bits per heavy atom. The Morgan fingerprint density at radius 1 is 1.09 bits per heavy atom. The van der Waals surface area contributed by atoms with E-state index in [9.17, 15) is 0 Å². The van der Waals surface area contributed by atoms with Gasteiger partial charge in [-0.15, -0.1) is 0 Å². The largest absolute Gasteiger partial charge is 0.363 e. The third-order valence-corrected chi connectivity index (χ3v) is 3.14. The molecule has 6 heteroatoms. The highest BCUT2D eigenvalue weighted by Gasteiger charge is 2.05. The lowest BCUT2D eigenvalue weighted by atomic mass is 10.2. The van der Waals surface area contributed by atoms with Crippen molar-refractivity contribution in [2.45, 2.75) is 13.1 Å². The molecule has 0 spiro atoms. The monoisotopic (exact) mass is 290 g/mol. The summed E-state index contributed by atoms with van der Waals surface area (Å²) in [5.41, 5.74) is 2.51. The first-order valence-corrected chi connectivity index (χ1v) is 6.85. The molecule has 22 heavy (non-hydrogen) atoms. The first kappa shape index (κ1) is 13.8. The van der Waals surface area contributed by atoms with Crippen molar-refractivity contribution in [3.63, 3.8) is 0 Å². The molecule has 0 amide bonds. The van der Waals surface area contributed by atoms with Gasteiger partial charge in [0.25, 0.3) is 0 Å². The van der Waals surface area contributed by atoms with E-state index in [4.69, 9.17) is 5.26 Å². The summed E-state index contributed by atoms with van der Waals surface area (Å²) in [7, 11) is 0. The Labute approximate surface area is 128 Å². The number of nitrogens with zero attached hydrogens (tertiary/aromatic N) is 5. The van der Waals surface area contributed by atoms with Gasteiger partial charge in [-0.1, -0.05) is 30.3 Å². The summed E-state index contributed by atoms with van der Waals surface area (Å²) < 4.78 is 1.88. The minimum Gasteiger partial charge on any atom is -0.363 e. The van der Waals surface area contributed by atoms with E-state index in [0.717, 1.165) is 12.1 Å². The lowest BCUT2D eigenvalue weighted by Gasteiger charge is -2.04. The van der Waals surface area contributed by atoms with Gasteiger partial charge in [-0.05, 0) is 5.56 Å². The zero-order chi connectivity index (χ0) is 15.2. The zero-order valence-corrected chi connectivity index (χ0v) is 11.8. The first-order valence-electron chi connectivity index (χ1n) is 6.85. The van der Waals surface area contributed by atoms with Crippen molar-refractivity contribution in [1.29, 1.82) is 5.26 Å². The van der Waals surface area contributed by atoms with Crippen LogP contribution in [0.3, 0.4) is 0 Å². The third-order valence-electron chi connectivity index (χ3n) is 3.14. The van der Waals surface area contributed by atoms with Crippen molar-refractivity contribution in [2.75, 3.05) is 5.32 Å². The second-order valence-corrected chi connectivity index (χ2v) is 4.75. The molecule has 0 radical (unpaired) electrons. The Morgan fingerprint density at radius 2 is 1.91 bits per heavy atom. The Hall–Kier alpha value is -3.20. The smallest absolute Gasteiger partial charge is 0.182 e. The molecule has 3 rings (SSSR count). The summed E-state index contributed by atoms with van der Waals surface area (Å²) in [6.07, 6.45) is 6.84. The van der Waals surface area contributed by atoms with Crippen LogP contribution >= 0.6 is 0 Å². The topological polar surface area (TPSA) is 79.4 Å². The maximum atomic E-state index is 8.97. The van der Waals surface area contributed by atoms with Gasteiger partial charge in [-0.2, -0.15) is 10.4 Å². The summed E-state index contributed by atoms with van der Waals surface area (Å²) in [6.45, 7) is 1.28. The number of nitrogens with one attached hydrogen (secondary N) is 1. The van der Waals surface area contributed by atoms with Crippen LogP contribution in [0.4, 0.5) is 5.82 Å². The summed E-state index contributed by atoms with van der Waals surface area (Å²) in [5.74, 6) is 0.487. The van der Waals surface area contributed by atoms with E-state index in [1.807, 2.05) is 35.1 Å². The number of nitriles is 1. The maximum Gasteiger partial charge on any atom is 0.182 e. The second kappa shape index (κ2) is 6.50. The van der Waals surface area contributed by atoms with Gasteiger partial charge in [0.1, 0.15) is 6.07 Å². The fraction of sp³-hybridized carbons (Fsp3) is 0.125. The average molecular weight is 290 g/mol. The van der Waals surface area contributed by atoms with Crippen LogP contribution in [0.25, 0.3) is 0 Å². The van der Waals surface area contributed by atoms with Crippen LogP contribution in [0.2, 0.25) is 0 Å². The lowest BCUT2D eigenvalue weighted by Crippen LogP contribution is -2.04. The molecule has 0 fully saturated rings. The number of aromatic nitrogens is 4. The minimum atomic E-state index is 0.291. The molecular formula is C16H14N6. The van der Waals surface area contributed by atoms with Crippen molar-refractivity contribution >= 4 is 5.82 Å². The molecule has 3 aromatic rings. The molecule has 0 aliphatic rings. The summed E-state index contributed by atoms with van der Waals surface area (Å²) >= 11 is 0. The van der Waals surface area contributed by atoms with Crippen LogP contribution in [0.15, 0.2) is 55.1 Å². The van der Waals surface area contributed by atoms with Crippen molar-refractivity contribution < 1.29 is 0 Å². The number of rotatable bonds is 5. The van der Waals surface area contributed by atoms with E-state index < -0.39 is 0 Å². The quantitative estimate of drug-likeness (QED) is 0.779. The fourth-order valence-corrected chi connectivity index (χ4v) is 2.09. The van der Waals surface area contributed by atoms with Crippen LogP contribution in [0, 0.1) is 11.3 Å². The second-order valence-electron chi connectivity index (χ2n) is 4.75. The van der Waals surface area contributed by atoms with Crippen LogP contribution in [-0.4, -0.2) is 19.7 Å². The van der Waals surface area contributed by atoms with Gasteiger partial charge in [0, 0.05) is 30.7 Å². The summed E-state index contributed by atoms with van der Waals surface area (Å²) in [5, 5.41) is 16.4. The SMILES string of the molecule is N#Cc1nccnc1NCc1cnn(Cc2ccccc2)c1. The van der Waals surface area contributed by atoms with E-state index >= 15 is 0 Å². The molecule has 0 saturated heterocycles. The first-order chi connectivity index (χ1) is 10.8. The maximum absolute atomic E-state index is 8.97. The molecule has 0 aliphatic heterocycles. The number of anilines is 1. The Bertz CT molecular complexity index is 788. The molecule has 6 nitrogen and oxygen atoms in total. The molecule has 0 unspecified atom stereocenters. The molecule has 0 aliphatic carbocycles. The molecule has 0 saturated carbocycles. The molecule has 2 aromatic heterocycles. The molecule has 0 bridgehead atoms. The van der Waals surface area contributed by atoms with Gasteiger partial charge in [0.15, 0.2) is 11.5 Å². The lowest BCUT2D eigenvalue weighted by molar-refractivity contribution is 0.686. The van der Waals surface area contributed by atoms with Gasteiger partial charge in [0.2, 0.25) is 0 Å². The van der Waals surface area contributed by atoms with Crippen LogP contribution < -0.4 is 5.32 Å². The Balaban J connectivity index is 1.64. The van der Waals surface area contributed by atoms with Gasteiger partial charge >= 0.3 is 0 Å². The van der Waals surface area contributed by atoms with Crippen molar-refractivity contribution in [1.82, 2.24) is 19.7 Å². The molecule has 0 atom stereocenters.